The van der Waals surface area contributed by atoms with Crippen molar-refractivity contribution in [3.63, 3.8) is 0 Å². The van der Waals surface area contributed by atoms with Gasteiger partial charge in [0.1, 0.15) is 0 Å². The summed E-state index contributed by atoms with van der Waals surface area (Å²) >= 11 is 6.19. The largest absolute Gasteiger partial charge is 0.376 e. The van der Waals surface area contributed by atoms with Gasteiger partial charge in [0, 0.05) is 11.6 Å². The number of hydrogen-bond donors (Lipinski definition) is 2. The summed E-state index contributed by atoms with van der Waals surface area (Å²) in [6, 6.07) is 7.66. The van der Waals surface area contributed by atoms with Crippen molar-refractivity contribution in [2.45, 2.75) is 38.8 Å². The van der Waals surface area contributed by atoms with Gasteiger partial charge in [-0.05, 0) is 25.0 Å². The highest BCUT2D eigenvalue weighted by Crippen LogP contribution is 2.27. The Bertz CT molecular complexity index is 327. The number of halogens is 1. The zero-order chi connectivity index (χ0) is 12.7. The summed E-state index contributed by atoms with van der Waals surface area (Å²) in [5.41, 5.74) is 3.81. The van der Waals surface area contributed by atoms with E-state index in [9.17, 15) is 0 Å². The van der Waals surface area contributed by atoms with E-state index in [0.717, 1.165) is 23.4 Å². The van der Waals surface area contributed by atoms with Crippen LogP contribution in [-0.4, -0.2) is 12.7 Å². The van der Waals surface area contributed by atoms with Crippen molar-refractivity contribution < 1.29 is 4.74 Å². The number of hydrazine groups is 1. The van der Waals surface area contributed by atoms with Gasteiger partial charge in [-0.3, -0.25) is 11.3 Å². The molecule has 0 amide bonds. The normalized spacial score (nSPS) is 14.6. The Morgan fingerprint density at radius 1 is 1.35 bits per heavy atom. The average molecular weight is 257 g/mol. The molecule has 4 heteroatoms. The molecule has 0 aromatic heterocycles. The summed E-state index contributed by atoms with van der Waals surface area (Å²) in [6.45, 7) is 4.79. The minimum atomic E-state index is -0.0661. The number of rotatable bonds is 7. The van der Waals surface area contributed by atoms with E-state index >= 15 is 0 Å². The quantitative estimate of drug-likeness (QED) is 0.582. The average Bonchev–Trinajstić information content (AvgIpc) is 2.33. The van der Waals surface area contributed by atoms with Crippen LogP contribution in [0.1, 0.15) is 38.3 Å². The smallest absolute Gasteiger partial charge is 0.0783 e. The molecule has 17 heavy (non-hydrogen) atoms. The molecule has 96 valence electrons. The molecule has 2 unspecified atom stereocenters. The van der Waals surface area contributed by atoms with Gasteiger partial charge in [-0.1, -0.05) is 43.1 Å². The number of hydrogen-bond acceptors (Lipinski definition) is 3. The highest BCUT2D eigenvalue weighted by atomic mass is 35.5. The van der Waals surface area contributed by atoms with Crippen LogP contribution in [0, 0.1) is 0 Å². The van der Waals surface area contributed by atoms with Gasteiger partial charge in [0.2, 0.25) is 0 Å². The van der Waals surface area contributed by atoms with Crippen molar-refractivity contribution in [1.29, 1.82) is 0 Å². The second-order valence-corrected chi connectivity index (χ2v) is 4.36. The molecular formula is C13H21ClN2O. The maximum atomic E-state index is 6.19. The fourth-order valence-corrected chi connectivity index (χ4v) is 2.22. The molecule has 0 saturated carbocycles. The summed E-state index contributed by atoms with van der Waals surface area (Å²) in [5.74, 6) is 5.65. The fraction of sp³-hybridized carbons (Fsp3) is 0.538. The van der Waals surface area contributed by atoms with Crippen molar-refractivity contribution in [3.05, 3.63) is 34.9 Å². The molecule has 3 nitrogen and oxygen atoms in total. The van der Waals surface area contributed by atoms with Gasteiger partial charge in [-0.2, -0.15) is 0 Å². The predicted molar refractivity (Wildman–Crippen MR) is 71.8 cm³/mol. The van der Waals surface area contributed by atoms with E-state index in [4.69, 9.17) is 22.2 Å². The van der Waals surface area contributed by atoms with E-state index in [0.29, 0.717) is 6.61 Å². The lowest BCUT2D eigenvalue weighted by Crippen LogP contribution is -2.38. The second-order valence-electron chi connectivity index (χ2n) is 3.95. The van der Waals surface area contributed by atoms with E-state index in [-0.39, 0.29) is 12.1 Å². The molecule has 0 saturated heterocycles. The molecule has 0 aliphatic heterocycles. The van der Waals surface area contributed by atoms with Gasteiger partial charge < -0.3 is 4.74 Å². The third-order valence-electron chi connectivity index (χ3n) is 2.75. The Morgan fingerprint density at radius 3 is 2.59 bits per heavy atom. The first-order valence-electron chi connectivity index (χ1n) is 6.06. The maximum Gasteiger partial charge on any atom is 0.0783 e. The van der Waals surface area contributed by atoms with E-state index in [1.807, 2.05) is 31.2 Å². The van der Waals surface area contributed by atoms with Crippen molar-refractivity contribution in [2.24, 2.45) is 5.84 Å². The minimum Gasteiger partial charge on any atom is -0.376 e. The predicted octanol–water partition coefficient (Wildman–Crippen LogP) is 3.05. The Morgan fingerprint density at radius 2 is 2.06 bits per heavy atom. The zero-order valence-corrected chi connectivity index (χ0v) is 11.2. The number of nitrogens with one attached hydrogen (secondary N) is 1. The first kappa shape index (κ1) is 14.5. The van der Waals surface area contributed by atoms with Gasteiger partial charge in [-0.25, -0.2) is 0 Å². The molecule has 0 radical (unpaired) electrons. The van der Waals surface area contributed by atoms with Crippen LogP contribution in [0.25, 0.3) is 0 Å². The van der Waals surface area contributed by atoms with E-state index in [1.165, 1.54) is 0 Å². The van der Waals surface area contributed by atoms with E-state index in [1.54, 1.807) is 0 Å². The lowest BCUT2D eigenvalue weighted by Gasteiger charge is -2.27. The first-order valence-corrected chi connectivity index (χ1v) is 6.44. The standard InChI is InChI=1S/C13H21ClN2O/c1-3-7-12(17-4-2)13(16-15)10-8-5-6-9-11(10)14/h5-6,8-9,12-13,16H,3-4,7,15H2,1-2H3. The third-order valence-corrected chi connectivity index (χ3v) is 3.09. The topological polar surface area (TPSA) is 47.3 Å². The molecule has 0 bridgehead atoms. The van der Waals surface area contributed by atoms with Crippen molar-refractivity contribution in [1.82, 2.24) is 5.43 Å². The molecular weight excluding hydrogens is 236 g/mol. The Labute approximate surface area is 108 Å². The lowest BCUT2D eigenvalue weighted by molar-refractivity contribution is 0.0276. The molecule has 0 aliphatic rings. The van der Waals surface area contributed by atoms with Crippen LogP contribution in [0.3, 0.4) is 0 Å². The van der Waals surface area contributed by atoms with Gasteiger partial charge in [-0.15, -0.1) is 0 Å². The van der Waals surface area contributed by atoms with E-state index in [2.05, 4.69) is 12.3 Å². The molecule has 1 aromatic carbocycles. The van der Waals surface area contributed by atoms with Crippen LogP contribution in [0.5, 0.6) is 0 Å². The third kappa shape index (κ3) is 3.96. The highest BCUT2D eigenvalue weighted by molar-refractivity contribution is 6.31. The fourth-order valence-electron chi connectivity index (χ4n) is 1.97. The number of nitrogens with two attached hydrogens (primary N) is 1. The molecule has 0 heterocycles. The summed E-state index contributed by atoms with van der Waals surface area (Å²) in [5, 5.41) is 0.719. The van der Waals surface area contributed by atoms with Crippen LogP contribution < -0.4 is 11.3 Å². The number of benzene rings is 1. The highest BCUT2D eigenvalue weighted by Gasteiger charge is 2.23. The van der Waals surface area contributed by atoms with Crippen molar-refractivity contribution in [3.8, 4) is 0 Å². The molecule has 1 aromatic rings. The summed E-state index contributed by atoms with van der Waals surface area (Å²) in [6.07, 6.45) is 2.05. The molecule has 3 N–H and O–H groups in total. The van der Waals surface area contributed by atoms with Gasteiger partial charge in [0.05, 0.1) is 12.1 Å². The Kier molecular flexibility index (Phi) is 6.52. The van der Waals surface area contributed by atoms with E-state index < -0.39 is 0 Å². The van der Waals surface area contributed by atoms with Crippen LogP contribution in [0.4, 0.5) is 0 Å². The number of ether oxygens (including phenoxy) is 1. The molecule has 2 atom stereocenters. The SMILES string of the molecule is CCCC(OCC)C(NN)c1ccccc1Cl. The van der Waals surface area contributed by atoms with Crippen LogP contribution in [-0.2, 0) is 4.74 Å². The van der Waals surface area contributed by atoms with Crippen LogP contribution >= 0.6 is 11.6 Å². The first-order chi connectivity index (χ1) is 8.24. The van der Waals surface area contributed by atoms with Gasteiger partial charge >= 0.3 is 0 Å². The maximum absolute atomic E-state index is 6.19. The zero-order valence-electron chi connectivity index (χ0n) is 10.4. The molecule has 0 spiro atoms. The molecule has 0 aliphatic carbocycles. The van der Waals surface area contributed by atoms with Crippen molar-refractivity contribution in [2.75, 3.05) is 6.61 Å². The van der Waals surface area contributed by atoms with Crippen molar-refractivity contribution >= 4 is 11.6 Å². The summed E-state index contributed by atoms with van der Waals surface area (Å²) in [7, 11) is 0. The summed E-state index contributed by atoms with van der Waals surface area (Å²) in [4.78, 5) is 0. The van der Waals surface area contributed by atoms with Gasteiger partial charge in [0.25, 0.3) is 0 Å². The second kappa shape index (κ2) is 7.67. The molecule has 0 fully saturated rings. The lowest BCUT2D eigenvalue weighted by atomic mass is 9.98. The van der Waals surface area contributed by atoms with Gasteiger partial charge in [0.15, 0.2) is 0 Å². The molecule has 1 rings (SSSR count). The summed E-state index contributed by atoms with van der Waals surface area (Å²) < 4.78 is 5.74. The Balaban J connectivity index is 2.91. The monoisotopic (exact) mass is 256 g/mol. The van der Waals surface area contributed by atoms with Crippen LogP contribution in [0.15, 0.2) is 24.3 Å². The minimum absolute atomic E-state index is 0.0508. The van der Waals surface area contributed by atoms with Crippen LogP contribution in [0.2, 0.25) is 5.02 Å². The Hall–Kier alpha value is -0.610.